The van der Waals surface area contributed by atoms with Crippen molar-refractivity contribution < 1.29 is 8.78 Å². The second kappa shape index (κ2) is 21.6. The van der Waals surface area contributed by atoms with E-state index in [1.165, 1.54) is 40.4 Å². The van der Waals surface area contributed by atoms with Gasteiger partial charge in [0, 0.05) is 47.4 Å². The highest BCUT2D eigenvalue weighted by Gasteiger charge is 2.26. The van der Waals surface area contributed by atoms with Crippen LogP contribution in [0.3, 0.4) is 0 Å². The lowest BCUT2D eigenvalue weighted by Gasteiger charge is -2.27. The Bertz CT molecular complexity index is 2820. The maximum atomic E-state index is 13.6. The molecule has 2 aliphatic heterocycles. The summed E-state index contributed by atoms with van der Waals surface area (Å²) in [6.45, 7) is 8.49. The predicted molar refractivity (Wildman–Crippen MR) is 273 cm³/mol. The van der Waals surface area contributed by atoms with Gasteiger partial charge >= 0.3 is 0 Å². The second-order valence-corrected chi connectivity index (χ2v) is 19.5. The van der Waals surface area contributed by atoms with E-state index in [-0.39, 0.29) is 23.7 Å². The first kappa shape index (κ1) is 46.0. The Morgan fingerprint density at radius 3 is 1.40 bits per heavy atom. The molecule has 0 aliphatic carbocycles. The highest BCUT2D eigenvalue weighted by Crippen LogP contribution is 2.43. The summed E-state index contributed by atoms with van der Waals surface area (Å²) in [6.07, 6.45) is 8.10. The van der Waals surface area contributed by atoms with Crippen LogP contribution in [-0.4, -0.2) is 58.1 Å². The van der Waals surface area contributed by atoms with Crippen molar-refractivity contribution in [3.8, 4) is 43.4 Å². The zero-order valence-electron chi connectivity index (χ0n) is 38.1. The van der Waals surface area contributed by atoms with Gasteiger partial charge < -0.3 is 20.9 Å². The molecule has 0 bridgehead atoms. The lowest BCUT2D eigenvalue weighted by atomic mass is 9.98. The predicted octanol–water partition coefficient (Wildman–Crippen LogP) is 13.6. The summed E-state index contributed by atoms with van der Waals surface area (Å²) >= 11 is 3.52. The van der Waals surface area contributed by atoms with Gasteiger partial charge in [-0.1, -0.05) is 60.7 Å². The van der Waals surface area contributed by atoms with Gasteiger partial charge in [0.15, 0.2) is 0 Å². The van der Waals surface area contributed by atoms with E-state index in [1.54, 1.807) is 22.7 Å². The van der Waals surface area contributed by atoms with Crippen LogP contribution in [0.5, 0.6) is 0 Å². The molecule has 67 heavy (non-hydrogen) atoms. The highest BCUT2D eigenvalue weighted by atomic mass is 32.1. The van der Waals surface area contributed by atoms with E-state index in [0.717, 1.165) is 112 Å². The van der Waals surface area contributed by atoms with Crippen LogP contribution in [0.25, 0.3) is 43.4 Å². The van der Waals surface area contributed by atoms with Crippen molar-refractivity contribution in [1.82, 2.24) is 30.2 Å². The summed E-state index contributed by atoms with van der Waals surface area (Å²) in [5, 5.41) is 12.8. The molecule has 4 aromatic heterocycles. The molecule has 2 saturated heterocycles. The maximum absolute atomic E-state index is 13.6. The van der Waals surface area contributed by atoms with E-state index in [9.17, 15) is 8.78 Å². The van der Waals surface area contributed by atoms with Crippen molar-refractivity contribution in [3.05, 3.63) is 179 Å². The molecule has 8 nitrogen and oxygen atoms in total. The number of halogens is 2. The molecule has 342 valence electrons. The average Bonchev–Trinajstić information content (AvgIpc) is 4.03. The third kappa shape index (κ3) is 11.5. The smallest absolute Gasteiger partial charge is 0.126 e. The number of hydrogen-bond donors (Lipinski definition) is 3. The van der Waals surface area contributed by atoms with Gasteiger partial charge in [-0.05, 0) is 168 Å². The third-order valence-electron chi connectivity index (χ3n) is 12.7. The summed E-state index contributed by atoms with van der Waals surface area (Å²) < 4.78 is 27.2. The molecule has 6 heterocycles. The van der Waals surface area contributed by atoms with Crippen LogP contribution in [0, 0.1) is 11.6 Å². The number of benzene rings is 4. The molecule has 0 unspecified atom stereocenters. The number of aromatic nitrogens is 4. The summed E-state index contributed by atoms with van der Waals surface area (Å²) in [5.41, 5.74) is 8.29. The normalized spacial score (nSPS) is 15.6. The van der Waals surface area contributed by atoms with E-state index in [4.69, 9.17) is 9.97 Å². The molecule has 2 fully saturated rings. The molecule has 12 heteroatoms. The molecule has 0 amide bonds. The summed E-state index contributed by atoms with van der Waals surface area (Å²) in [6, 6.07) is 42.5. The molecule has 2 atom stereocenters. The number of anilines is 2. The summed E-state index contributed by atoms with van der Waals surface area (Å²) in [4.78, 5) is 23.9. The molecular formula is C55H56F2N8S2. The number of rotatable bonds is 12. The van der Waals surface area contributed by atoms with Crippen molar-refractivity contribution in [2.75, 3.05) is 43.9 Å². The van der Waals surface area contributed by atoms with Crippen LogP contribution in [-0.2, 0) is 0 Å². The fourth-order valence-electron chi connectivity index (χ4n) is 8.74. The van der Waals surface area contributed by atoms with Crippen molar-refractivity contribution in [2.24, 2.45) is 0 Å². The number of hydrogen-bond acceptors (Lipinski definition) is 10. The Morgan fingerprint density at radius 1 is 0.552 bits per heavy atom. The van der Waals surface area contributed by atoms with E-state index >= 15 is 0 Å². The zero-order chi connectivity index (χ0) is 46.1. The monoisotopic (exact) mass is 930 g/mol. The summed E-state index contributed by atoms with van der Waals surface area (Å²) in [7, 11) is 2.18. The first-order valence-corrected chi connectivity index (χ1v) is 24.9. The third-order valence-corrected chi connectivity index (χ3v) is 15.2. The van der Waals surface area contributed by atoms with E-state index in [1.807, 2.05) is 85.2 Å². The van der Waals surface area contributed by atoms with Gasteiger partial charge in [-0.15, -0.1) is 22.7 Å². The molecule has 0 saturated carbocycles. The van der Waals surface area contributed by atoms with Gasteiger partial charge in [-0.2, -0.15) is 0 Å². The minimum Gasteiger partial charge on any atom is -0.364 e. The molecule has 0 spiro atoms. The Labute approximate surface area is 400 Å². The fourth-order valence-corrected chi connectivity index (χ4v) is 11.2. The topological polar surface area (TPSA) is 90.9 Å². The van der Waals surface area contributed by atoms with Gasteiger partial charge in [-0.25, -0.2) is 28.7 Å². The molecule has 3 N–H and O–H groups in total. The van der Waals surface area contributed by atoms with Crippen LogP contribution in [0.4, 0.5) is 20.4 Å². The lowest BCUT2D eigenvalue weighted by molar-refractivity contribution is 0.255. The Kier molecular flexibility index (Phi) is 14.8. The van der Waals surface area contributed by atoms with Gasteiger partial charge in [0.25, 0.3) is 0 Å². The minimum atomic E-state index is -0.237. The standard InChI is InChI=1S/C28H29FN4S.C27H27FN4S/c1-19(20-6-4-3-5-7-20)31-25-18-23(12-15-30-25)27-26(21-8-10-24(29)11-9-21)32-28(34-27)22-13-16-33(2)17-14-22;1-18(19-5-3-2-4-6-19)31-24-17-22(13-16-30-24)26-25(20-7-9-23(28)10-8-20)32-27(33-26)21-11-14-29-15-12-21/h3-12,15,18-19,22H,13-14,16-17H2,1-2H3,(H,30,31);2-10,13,16-18,21,29H,11-12,14-15H2,1H3,(H,30,31)/t19-;18-/m00/s1. The van der Waals surface area contributed by atoms with E-state index in [0.29, 0.717) is 11.8 Å². The largest absolute Gasteiger partial charge is 0.364 e. The van der Waals surface area contributed by atoms with Crippen LogP contribution in [0.2, 0.25) is 0 Å². The number of pyridine rings is 2. The number of likely N-dealkylation sites (tertiary alicyclic amines) is 1. The number of nitrogens with zero attached hydrogens (tertiary/aromatic N) is 5. The van der Waals surface area contributed by atoms with Crippen LogP contribution < -0.4 is 16.0 Å². The molecular weight excluding hydrogens is 875 g/mol. The minimum absolute atomic E-state index is 0.136. The van der Waals surface area contributed by atoms with Gasteiger partial charge in [0.05, 0.1) is 31.2 Å². The van der Waals surface area contributed by atoms with Gasteiger partial charge in [0.2, 0.25) is 0 Å². The van der Waals surface area contributed by atoms with Crippen molar-refractivity contribution >= 4 is 34.3 Å². The lowest BCUT2D eigenvalue weighted by Crippen LogP contribution is -2.29. The molecule has 0 radical (unpaired) electrons. The summed E-state index contributed by atoms with van der Waals surface area (Å²) in [5.74, 6) is 2.10. The Morgan fingerprint density at radius 2 is 0.970 bits per heavy atom. The van der Waals surface area contributed by atoms with Crippen LogP contribution in [0.1, 0.15) is 84.6 Å². The van der Waals surface area contributed by atoms with Crippen molar-refractivity contribution in [2.45, 2.75) is 63.5 Å². The maximum Gasteiger partial charge on any atom is 0.126 e. The number of nitrogens with one attached hydrogen (secondary N) is 3. The second-order valence-electron chi connectivity index (χ2n) is 17.5. The van der Waals surface area contributed by atoms with Crippen LogP contribution >= 0.6 is 22.7 Å². The van der Waals surface area contributed by atoms with E-state index < -0.39 is 0 Å². The van der Waals surface area contributed by atoms with E-state index in [2.05, 4.69) is 88.1 Å². The number of piperidine rings is 2. The number of thiazole rings is 2. The SMILES string of the molecule is C[C@H](Nc1cc(-c2sc(C3CCN(C)CC3)nc2-c2ccc(F)cc2)ccn1)c1ccccc1.C[C@H](Nc1cc(-c2sc(C3CCNCC3)nc2-c2ccc(F)cc2)ccn1)c1ccccc1. The molecule has 2 aliphatic rings. The molecule has 10 rings (SSSR count). The van der Waals surface area contributed by atoms with Crippen molar-refractivity contribution in [1.29, 1.82) is 0 Å². The first-order chi connectivity index (χ1) is 32.7. The van der Waals surface area contributed by atoms with Crippen molar-refractivity contribution in [3.63, 3.8) is 0 Å². The first-order valence-electron chi connectivity index (χ1n) is 23.2. The van der Waals surface area contributed by atoms with Gasteiger partial charge in [0.1, 0.15) is 23.3 Å². The Hall–Kier alpha value is -6.18. The fraction of sp³-hybridized carbons (Fsp3) is 0.273. The highest BCUT2D eigenvalue weighted by molar-refractivity contribution is 7.16. The molecule has 8 aromatic rings. The molecule has 4 aromatic carbocycles. The zero-order valence-corrected chi connectivity index (χ0v) is 39.8. The van der Waals surface area contributed by atoms with Crippen LogP contribution in [0.15, 0.2) is 146 Å². The quantitative estimate of drug-likeness (QED) is 0.112. The Balaban J connectivity index is 0.000000168. The average molecular weight is 931 g/mol. The van der Waals surface area contributed by atoms with Gasteiger partial charge in [-0.3, -0.25) is 0 Å².